The first-order chi connectivity index (χ1) is 21.6. The van der Waals surface area contributed by atoms with Crippen LogP contribution in [-0.2, 0) is 29.2 Å². The Kier molecular flexibility index (Phi) is 10.9. The molecule has 1 aliphatic heterocycles. The van der Waals surface area contributed by atoms with Gasteiger partial charge >= 0.3 is 6.09 Å². The van der Waals surface area contributed by atoms with E-state index < -0.39 is 6.09 Å². The van der Waals surface area contributed by atoms with Crippen LogP contribution in [-0.4, -0.2) is 46.8 Å². The van der Waals surface area contributed by atoms with E-state index in [0.717, 1.165) is 66.1 Å². The van der Waals surface area contributed by atoms with Gasteiger partial charge in [0, 0.05) is 31.7 Å². The van der Waals surface area contributed by atoms with E-state index in [1.807, 2.05) is 89.9 Å². The zero-order chi connectivity index (χ0) is 30.6. The predicted octanol–water partition coefficient (Wildman–Crippen LogP) is 5.79. The quantitative estimate of drug-likeness (QED) is 0.191. The molecule has 2 heterocycles. The van der Waals surface area contributed by atoms with Crippen LogP contribution in [0.4, 0.5) is 10.5 Å². The van der Waals surface area contributed by atoms with Crippen molar-refractivity contribution in [2.24, 2.45) is 0 Å². The Morgan fingerprint density at radius 3 is 2.27 bits per heavy atom. The van der Waals surface area contributed by atoms with Crippen LogP contribution in [0.25, 0.3) is 11.1 Å². The number of pyridine rings is 1. The number of ether oxygens (including phenoxy) is 1. The van der Waals surface area contributed by atoms with Crippen molar-refractivity contribution in [2.45, 2.75) is 45.3 Å². The Morgan fingerprint density at radius 2 is 1.50 bits per heavy atom. The minimum Gasteiger partial charge on any atom is -0.508 e. The number of phenols is 1. The van der Waals surface area contributed by atoms with Crippen molar-refractivity contribution in [1.82, 2.24) is 20.6 Å². The van der Waals surface area contributed by atoms with Gasteiger partial charge in [0.15, 0.2) is 0 Å². The molecule has 9 nitrogen and oxygen atoms in total. The molecule has 1 fully saturated rings. The second-order valence-corrected chi connectivity index (χ2v) is 10.7. The summed E-state index contributed by atoms with van der Waals surface area (Å²) in [5.74, 6) is 0.0250. The zero-order valence-electron chi connectivity index (χ0n) is 24.8. The van der Waals surface area contributed by atoms with E-state index in [1.165, 1.54) is 0 Å². The van der Waals surface area contributed by atoms with Gasteiger partial charge in [-0.05, 0) is 54.3 Å². The van der Waals surface area contributed by atoms with E-state index in [9.17, 15) is 14.7 Å². The number of nitrogens with one attached hydrogen (secondary N) is 2. The standard InChI is InChI=1S/C35H39N5O4/c41-31-18-16-27(17-19-31)24-36-25-29-12-9-13-30(38-29)26-37-34(42)20-23-44-35(43)40(39-21-7-2-8-22-39)33-15-6-5-14-32(33)28-10-3-1-4-11-28/h1,3-6,9-19,36,41H,2,7-8,20-26H2,(H,37,42). The second-order valence-electron chi connectivity index (χ2n) is 10.7. The van der Waals surface area contributed by atoms with E-state index >= 15 is 0 Å². The zero-order valence-corrected chi connectivity index (χ0v) is 24.8. The summed E-state index contributed by atoms with van der Waals surface area (Å²) in [4.78, 5) is 30.8. The molecule has 5 rings (SSSR count). The number of nitrogens with zero attached hydrogens (tertiary/aromatic N) is 3. The van der Waals surface area contributed by atoms with E-state index in [-0.39, 0.29) is 31.2 Å². The van der Waals surface area contributed by atoms with E-state index in [4.69, 9.17) is 4.74 Å². The number of amides is 2. The van der Waals surface area contributed by atoms with Gasteiger partial charge in [-0.15, -0.1) is 0 Å². The molecular formula is C35H39N5O4. The van der Waals surface area contributed by atoms with E-state index in [1.54, 1.807) is 17.1 Å². The van der Waals surface area contributed by atoms with Crippen molar-refractivity contribution in [1.29, 1.82) is 0 Å². The lowest BCUT2D eigenvalue weighted by Crippen LogP contribution is -2.49. The molecule has 228 valence electrons. The van der Waals surface area contributed by atoms with Crippen LogP contribution in [0.1, 0.15) is 42.6 Å². The van der Waals surface area contributed by atoms with Crippen LogP contribution in [0.5, 0.6) is 5.75 Å². The summed E-state index contributed by atoms with van der Waals surface area (Å²) in [6, 6.07) is 30.6. The molecule has 0 spiro atoms. The first-order valence-corrected chi connectivity index (χ1v) is 15.1. The van der Waals surface area contributed by atoms with Crippen LogP contribution in [0.15, 0.2) is 97.1 Å². The molecule has 4 aromatic rings. The molecule has 1 aliphatic rings. The summed E-state index contributed by atoms with van der Waals surface area (Å²) in [6.45, 7) is 2.99. The lowest BCUT2D eigenvalue weighted by Gasteiger charge is -2.37. The van der Waals surface area contributed by atoms with Crippen LogP contribution in [0, 0.1) is 0 Å². The summed E-state index contributed by atoms with van der Waals surface area (Å²) < 4.78 is 5.68. The molecular weight excluding hydrogens is 554 g/mol. The highest BCUT2D eigenvalue weighted by Crippen LogP contribution is 2.33. The number of hydrogen-bond donors (Lipinski definition) is 3. The molecule has 44 heavy (non-hydrogen) atoms. The van der Waals surface area contributed by atoms with Crippen molar-refractivity contribution in [2.75, 3.05) is 24.7 Å². The largest absolute Gasteiger partial charge is 0.508 e. The number of benzene rings is 3. The number of aromatic hydroxyl groups is 1. The Hall–Kier alpha value is -4.73. The summed E-state index contributed by atoms with van der Waals surface area (Å²) in [7, 11) is 0. The smallest absolute Gasteiger partial charge is 0.429 e. The van der Waals surface area contributed by atoms with Crippen LogP contribution < -0.4 is 15.6 Å². The number of para-hydroxylation sites is 1. The molecule has 0 unspecified atom stereocenters. The second kappa shape index (κ2) is 15.7. The highest BCUT2D eigenvalue weighted by atomic mass is 16.6. The molecule has 1 aromatic heterocycles. The number of rotatable bonds is 12. The fourth-order valence-electron chi connectivity index (χ4n) is 5.21. The number of hydrazine groups is 1. The van der Waals surface area contributed by atoms with Crippen molar-refractivity contribution in [3.8, 4) is 16.9 Å². The maximum Gasteiger partial charge on any atom is 0.429 e. The SMILES string of the molecule is O=C(CCOC(=O)N(c1ccccc1-c1ccccc1)N1CCCCC1)NCc1cccc(CNCc2ccc(O)cc2)n1. The van der Waals surface area contributed by atoms with Gasteiger partial charge in [-0.1, -0.05) is 73.2 Å². The molecule has 0 atom stereocenters. The lowest BCUT2D eigenvalue weighted by atomic mass is 10.0. The van der Waals surface area contributed by atoms with Crippen molar-refractivity contribution < 1.29 is 19.4 Å². The first-order valence-electron chi connectivity index (χ1n) is 15.1. The third kappa shape index (κ3) is 8.65. The highest BCUT2D eigenvalue weighted by molar-refractivity contribution is 5.93. The molecule has 9 heteroatoms. The number of anilines is 1. The fourth-order valence-corrected chi connectivity index (χ4v) is 5.21. The van der Waals surface area contributed by atoms with Crippen LogP contribution in [0.2, 0.25) is 0 Å². The summed E-state index contributed by atoms with van der Waals surface area (Å²) in [5, 5.41) is 19.3. The van der Waals surface area contributed by atoms with E-state index in [0.29, 0.717) is 13.1 Å². The topological polar surface area (TPSA) is 107 Å². The Morgan fingerprint density at radius 1 is 0.795 bits per heavy atom. The van der Waals surface area contributed by atoms with Crippen molar-refractivity contribution in [3.63, 3.8) is 0 Å². The number of aromatic nitrogens is 1. The van der Waals surface area contributed by atoms with Gasteiger partial charge in [-0.25, -0.2) is 14.8 Å². The minimum absolute atomic E-state index is 0.0306. The Balaban J connectivity index is 1.13. The van der Waals surface area contributed by atoms with Gasteiger partial charge in [-0.3, -0.25) is 9.78 Å². The molecule has 3 N–H and O–H groups in total. The minimum atomic E-state index is -0.489. The summed E-state index contributed by atoms with van der Waals surface area (Å²) in [6.07, 6.45) is 2.70. The van der Waals surface area contributed by atoms with Gasteiger partial charge in [0.05, 0.1) is 30.0 Å². The molecule has 0 aliphatic carbocycles. The summed E-state index contributed by atoms with van der Waals surface area (Å²) in [5.41, 5.74) is 5.39. The van der Waals surface area contributed by atoms with Gasteiger partial charge in [0.1, 0.15) is 12.4 Å². The maximum atomic E-state index is 13.5. The van der Waals surface area contributed by atoms with Gasteiger partial charge < -0.3 is 20.5 Å². The van der Waals surface area contributed by atoms with Crippen LogP contribution in [0.3, 0.4) is 0 Å². The van der Waals surface area contributed by atoms with Crippen LogP contribution >= 0.6 is 0 Å². The van der Waals surface area contributed by atoms with Gasteiger partial charge in [0.25, 0.3) is 0 Å². The molecule has 0 radical (unpaired) electrons. The number of piperidine rings is 1. The fraction of sp³-hybridized carbons (Fsp3) is 0.286. The van der Waals surface area contributed by atoms with Gasteiger partial charge in [0.2, 0.25) is 5.91 Å². The third-order valence-corrected chi connectivity index (χ3v) is 7.46. The number of phenolic OH excluding ortho intramolecular Hbond substituents is 1. The summed E-state index contributed by atoms with van der Waals surface area (Å²) >= 11 is 0. The average Bonchev–Trinajstić information content (AvgIpc) is 3.06. The predicted molar refractivity (Wildman–Crippen MR) is 170 cm³/mol. The average molecular weight is 594 g/mol. The number of hydrogen-bond acceptors (Lipinski definition) is 7. The first kappa shape index (κ1) is 30.7. The van der Waals surface area contributed by atoms with Crippen molar-refractivity contribution >= 4 is 17.7 Å². The molecule has 2 amide bonds. The molecule has 1 saturated heterocycles. The monoisotopic (exact) mass is 593 g/mol. The number of carbonyl (C=O) groups excluding carboxylic acids is 2. The molecule has 3 aromatic carbocycles. The normalized spacial score (nSPS) is 13.3. The Labute approximate surface area is 258 Å². The maximum absolute atomic E-state index is 13.5. The lowest BCUT2D eigenvalue weighted by molar-refractivity contribution is -0.121. The molecule has 0 saturated carbocycles. The molecule has 0 bridgehead atoms. The third-order valence-electron chi connectivity index (χ3n) is 7.46. The Bertz CT molecular complexity index is 1510. The highest BCUT2D eigenvalue weighted by Gasteiger charge is 2.28. The van der Waals surface area contributed by atoms with Crippen molar-refractivity contribution in [3.05, 3.63) is 114 Å². The van der Waals surface area contributed by atoms with Gasteiger partial charge in [-0.2, -0.15) is 0 Å². The number of carbonyl (C=O) groups is 2. The van der Waals surface area contributed by atoms with E-state index in [2.05, 4.69) is 15.6 Å².